The van der Waals surface area contributed by atoms with Gasteiger partial charge in [-0.25, -0.2) is 8.78 Å². The summed E-state index contributed by atoms with van der Waals surface area (Å²) in [7, 11) is 1.34. The first-order chi connectivity index (χ1) is 19.0. The second-order valence-electron chi connectivity index (χ2n) is 9.29. The van der Waals surface area contributed by atoms with Crippen LogP contribution in [0.1, 0.15) is 17.5 Å². The van der Waals surface area contributed by atoms with E-state index in [4.69, 9.17) is 14.2 Å². The van der Waals surface area contributed by atoms with Crippen LogP contribution in [0, 0.1) is 17.6 Å². The van der Waals surface area contributed by atoms with E-state index in [0.717, 1.165) is 11.1 Å². The second-order valence-corrected chi connectivity index (χ2v) is 9.29. The molecule has 0 aliphatic carbocycles. The molecule has 1 fully saturated rings. The molecule has 3 aromatic carbocycles. The Bertz CT molecular complexity index is 1410. The van der Waals surface area contributed by atoms with Gasteiger partial charge in [-0.15, -0.1) is 0 Å². The number of rotatable bonds is 9. The van der Waals surface area contributed by atoms with E-state index in [2.05, 4.69) is 4.98 Å². The number of hydrogen-bond acceptors (Lipinski definition) is 6. The van der Waals surface area contributed by atoms with Gasteiger partial charge in [0.2, 0.25) is 11.8 Å². The fourth-order valence-electron chi connectivity index (χ4n) is 4.62. The molecule has 1 aliphatic heterocycles. The number of carbonyl (C=O) groups is 1. The molecule has 1 aliphatic rings. The molecule has 0 amide bonds. The number of methoxy groups -OCH3 is 1. The molecule has 2 heterocycles. The van der Waals surface area contributed by atoms with E-state index in [1.54, 1.807) is 17.0 Å². The van der Waals surface area contributed by atoms with E-state index >= 15 is 8.78 Å². The molecule has 1 aromatic heterocycles. The molecule has 1 saturated heterocycles. The molecule has 0 unspecified atom stereocenters. The van der Waals surface area contributed by atoms with Crippen molar-refractivity contribution in [3.63, 3.8) is 0 Å². The van der Waals surface area contributed by atoms with Crippen LogP contribution in [-0.2, 0) is 22.7 Å². The molecule has 200 valence electrons. The van der Waals surface area contributed by atoms with Crippen LogP contribution < -0.4 is 14.4 Å². The number of anilines is 1. The fraction of sp³-hybridized carbons (Fsp3) is 0.226. The first kappa shape index (κ1) is 26.2. The van der Waals surface area contributed by atoms with Crippen LogP contribution in [0.15, 0.2) is 84.9 Å². The molecule has 0 saturated carbocycles. The number of benzene rings is 3. The molecule has 8 heteroatoms. The maximum absolute atomic E-state index is 15.5. The number of pyridine rings is 1. The molecule has 0 N–H and O–H groups in total. The Morgan fingerprint density at radius 2 is 1.51 bits per heavy atom. The Balaban J connectivity index is 1.43. The Kier molecular flexibility index (Phi) is 8.01. The van der Waals surface area contributed by atoms with Crippen molar-refractivity contribution in [3.8, 4) is 22.9 Å². The summed E-state index contributed by atoms with van der Waals surface area (Å²) >= 11 is 0. The van der Waals surface area contributed by atoms with Crippen LogP contribution in [0.25, 0.3) is 11.1 Å². The third kappa shape index (κ3) is 6.17. The molecule has 39 heavy (non-hydrogen) atoms. The van der Waals surface area contributed by atoms with Gasteiger partial charge in [-0.1, -0.05) is 60.7 Å². The van der Waals surface area contributed by atoms with Crippen LogP contribution in [0.4, 0.5) is 14.5 Å². The van der Waals surface area contributed by atoms with Gasteiger partial charge in [0.1, 0.15) is 24.8 Å². The average Bonchev–Trinajstić information content (AvgIpc) is 3.46. The Morgan fingerprint density at radius 1 is 0.897 bits per heavy atom. The van der Waals surface area contributed by atoms with Gasteiger partial charge < -0.3 is 19.1 Å². The number of hydrogen-bond donors (Lipinski definition) is 0. The third-order valence-electron chi connectivity index (χ3n) is 6.67. The number of carbonyl (C=O) groups excluding carboxylic acids is 1. The predicted octanol–water partition coefficient (Wildman–Crippen LogP) is 6.18. The van der Waals surface area contributed by atoms with Gasteiger partial charge in [-0.05, 0) is 35.7 Å². The first-order valence-electron chi connectivity index (χ1n) is 12.7. The number of esters is 1. The zero-order valence-electron chi connectivity index (χ0n) is 21.5. The predicted molar refractivity (Wildman–Crippen MR) is 143 cm³/mol. The van der Waals surface area contributed by atoms with E-state index in [9.17, 15) is 4.79 Å². The number of halogens is 2. The maximum Gasteiger partial charge on any atom is 0.310 e. The van der Waals surface area contributed by atoms with E-state index in [1.165, 1.54) is 19.2 Å². The smallest absolute Gasteiger partial charge is 0.310 e. The zero-order valence-corrected chi connectivity index (χ0v) is 21.5. The summed E-state index contributed by atoms with van der Waals surface area (Å²) in [6, 6.07) is 24.7. The van der Waals surface area contributed by atoms with Crippen LogP contribution >= 0.6 is 0 Å². The van der Waals surface area contributed by atoms with Crippen LogP contribution in [-0.4, -0.2) is 31.2 Å². The summed E-state index contributed by atoms with van der Waals surface area (Å²) in [4.78, 5) is 18.1. The van der Waals surface area contributed by atoms with Crippen LogP contribution in [0.5, 0.6) is 11.8 Å². The Hall–Kier alpha value is -4.46. The highest BCUT2D eigenvalue weighted by molar-refractivity contribution is 5.75. The molecular weight excluding hydrogens is 502 g/mol. The van der Waals surface area contributed by atoms with E-state index in [-0.39, 0.29) is 48.0 Å². The van der Waals surface area contributed by atoms with Crippen molar-refractivity contribution in [2.45, 2.75) is 19.6 Å². The highest BCUT2D eigenvalue weighted by Crippen LogP contribution is 2.37. The van der Waals surface area contributed by atoms with Crippen molar-refractivity contribution in [1.29, 1.82) is 0 Å². The summed E-state index contributed by atoms with van der Waals surface area (Å²) in [5, 5.41) is 0. The topological polar surface area (TPSA) is 60.9 Å². The number of ether oxygens (including phenoxy) is 3. The highest BCUT2D eigenvalue weighted by Gasteiger charge is 2.30. The van der Waals surface area contributed by atoms with Gasteiger partial charge in [0, 0.05) is 24.8 Å². The fourth-order valence-corrected chi connectivity index (χ4v) is 4.62. The van der Waals surface area contributed by atoms with Gasteiger partial charge >= 0.3 is 5.97 Å². The lowest BCUT2D eigenvalue weighted by Crippen LogP contribution is -2.23. The number of nitrogens with zero attached hydrogens (tertiary/aromatic N) is 2. The van der Waals surface area contributed by atoms with Gasteiger partial charge in [0.05, 0.1) is 24.2 Å². The molecule has 6 nitrogen and oxygen atoms in total. The molecule has 0 radical (unpaired) electrons. The zero-order chi connectivity index (χ0) is 27.2. The highest BCUT2D eigenvalue weighted by atomic mass is 19.1. The van der Waals surface area contributed by atoms with Crippen LogP contribution in [0.3, 0.4) is 0 Å². The Labute approximate surface area is 225 Å². The van der Waals surface area contributed by atoms with Crippen molar-refractivity contribution >= 4 is 11.7 Å². The van der Waals surface area contributed by atoms with Crippen molar-refractivity contribution in [2.75, 3.05) is 25.1 Å². The minimum Gasteiger partial charge on any atom is -0.473 e. The Morgan fingerprint density at radius 3 is 2.13 bits per heavy atom. The quantitative estimate of drug-likeness (QED) is 0.241. The average molecular weight is 531 g/mol. The minimum atomic E-state index is -0.754. The normalized spacial score (nSPS) is 14.7. The minimum absolute atomic E-state index is 0.0573. The lowest BCUT2D eigenvalue weighted by atomic mass is 10.0. The molecular formula is C31H28F2N2O4. The van der Waals surface area contributed by atoms with Crippen molar-refractivity contribution < 1.29 is 27.8 Å². The summed E-state index contributed by atoms with van der Waals surface area (Å²) in [5.41, 5.74) is 2.13. The lowest BCUT2D eigenvalue weighted by Gasteiger charge is -2.20. The van der Waals surface area contributed by atoms with E-state index in [1.807, 2.05) is 60.7 Å². The maximum atomic E-state index is 15.5. The van der Waals surface area contributed by atoms with Crippen molar-refractivity contribution in [1.82, 2.24) is 4.98 Å². The van der Waals surface area contributed by atoms with Crippen molar-refractivity contribution in [2.24, 2.45) is 5.92 Å². The molecule has 1 atom stereocenters. The SMILES string of the molecule is COC(=O)[C@@H]1CCN(c2cc(F)c(-c3ccc(OCc4ccccc4)nc3OCc3ccccc3)c(F)c2)C1. The van der Waals surface area contributed by atoms with Gasteiger partial charge in [0.25, 0.3) is 0 Å². The summed E-state index contributed by atoms with van der Waals surface area (Å²) in [6.07, 6.45) is 0.559. The van der Waals surface area contributed by atoms with Gasteiger partial charge in [-0.3, -0.25) is 4.79 Å². The summed E-state index contributed by atoms with van der Waals surface area (Å²) in [6.45, 7) is 1.28. The largest absolute Gasteiger partial charge is 0.473 e. The van der Waals surface area contributed by atoms with Gasteiger partial charge in [0.15, 0.2) is 0 Å². The molecule has 5 rings (SSSR count). The van der Waals surface area contributed by atoms with E-state index < -0.39 is 11.6 Å². The molecule has 0 spiro atoms. The molecule has 4 aromatic rings. The van der Waals surface area contributed by atoms with Gasteiger partial charge in [-0.2, -0.15) is 4.98 Å². The summed E-state index contributed by atoms with van der Waals surface area (Å²) < 4.78 is 47.7. The standard InChI is InChI=1S/C31H28F2N2O4/c1-37-31(36)23-14-15-35(18-23)24-16-26(32)29(27(33)17-24)25-12-13-28(38-19-21-8-4-2-5-9-21)34-30(25)39-20-22-10-6-3-7-11-22/h2-13,16-17,23H,14-15,18-20H2,1H3/t23-/m1/s1. The lowest BCUT2D eigenvalue weighted by molar-refractivity contribution is -0.144. The first-order valence-corrected chi connectivity index (χ1v) is 12.7. The molecule has 0 bridgehead atoms. The third-order valence-corrected chi connectivity index (χ3v) is 6.67. The monoisotopic (exact) mass is 530 g/mol. The number of aromatic nitrogens is 1. The van der Waals surface area contributed by atoms with E-state index in [0.29, 0.717) is 25.2 Å². The summed E-state index contributed by atoms with van der Waals surface area (Å²) in [5.74, 6) is -1.83. The van der Waals surface area contributed by atoms with Crippen molar-refractivity contribution in [3.05, 3.63) is 108 Å². The van der Waals surface area contributed by atoms with Crippen LogP contribution in [0.2, 0.25) is 0 Å². The second kappa shape index (κ2) is 11.9.